The molecule has 0 saturated carbocycles. The molecular weight excluding hydrogens is 222 g/mol. The molecule has 0 aliphatic heterocycles. The van der Waals surface area contributed by atoms with Gasteiger partial charge in [-0.15, -0.1) is 0 Å². The van der Waals surface area contributed by atoms with Gasteiger partial charge in [0, 0.05) is 23.6 Å². The van der Waals surface area contributed by atoms with Crippen molar-refractivity contribution >= 4 is 0 Å². The SMILES string of the molecule is COc1ccccc1C1(CNC(C)C)CC=CC1. The average molecular weight is 245 g/mol. The molecular formula is C16H23NO. The standard InChI is InChI=1S/C16H23NO/c1-13(2)17-12-16(10-6-7-11-16)14-8-4-5-9-15(14)18-3/h4-9,13,17H,10-12H2,1-3H3. The second kappa shape index (κ2) is 5.57. The van der Waals surface area contributed by atoms with Gasteiger partial charge in [0.1, 0.15) is 5.75 Å². The zero-order chi connectivity index (χ0) is 13.0. The van der Waals surface area contributed by atoms with Gasteiger partial charge in [-0.1, -0.05) is 44.2 Å². The molecule has 0 atom stereocenters. The van der Waals surface area contributed by atoms with E-state index in [-0.39, 0.29) is 5.41 Å². The number of hydrogen-bond acceptors (Lipinski definition) is 2. The van der Waals surface area contributed by atoms with Crippen LogP contribution in [0.1, 0.15) is 32.3 Å². The predicted molar refractivity (Wildman–Crippen MR) is 76.2 cm³/mol. The maximum absolute atomic E-state index is 5.53. The Labute approximate surface area is 110 Å². The van der Waals surface area contributed by atoms with Crippen molar-refractivity contribution in [2.75, 3.05) is 13.7 Å². The van der Waals surface area contributed by atoms with E-state index in [0.29, 0.717) is 6.04 Å². The van der Waals surface area contributed by atoms with Crippen LogP contribution in [0, 0.1) is 0 Å². The number of benzene rings is 1. The summed E-state index contributed by atoms with van der Waals surface area (Å²) in [6, 6.07) is 8.91. The van der Waals surface area contributed by atoms with Gasteiger partial charge in [-0.2, -0.15) is 0 Å². The third kappa shape index (κ3) is 2.59. The normalized spacial score (nSPS) is 17.3. The Morgan fingerprint density at radius 1 is 1.22 bits per heavy atom. The van der Waals surface area contributed by atoms with Gasteiger partial charge < -0.3 is 10.1 Å². The minimum absolute atomic E-state index is 0.164. The first kappa shape index (κ1) is 13.2. The number of ether oxygens (including phenoxy) is 1. The topological polar surface area (TPSA) is 21.3 Å². The first-order valence-corrected chi connectivity index (χ1v) is 6.70. The van der Waals surface area contributed by atoms with Crippen LogP contribution in [-0.4, -0.2) is 19.7 Å². The highest BCUT2D eigenvalue weighted by Gasteiger charge is 2.35. The Morgan fingerprint density at radius 2 is 1.89 bits per heavy atom. The molecule has 0 radical (unpaired) electrons. The number of methoxy groups -OCH3 is 1. The van der Waals surface area contributed by atoms with Gasteiger partial charge in [0.05, 0.1) is 7.11 Å². The molecule has 98 valence electrons. The number of nitrogens with one attached hydrogen (secondary N) is 1. The van der Waals surface area contributed by atoms with E-state index in [4.69, 9.17) is 4.74 Å². The van der Waals surface area contributed by atoms with Gasteiger partial charge in [-0.3, -0.25) is 0 Å². The summed E-state index contributed by atoms with van der Waals surface area (Å²) in [7, 11) is 1.75. The van der Waals surface area contributed by atoms with Crippen LogP contribution in [-0.2, 0) is 5.41 Å². The van der Waals surface area contributed by atoms with Crippen LogP contribution in [0.15, 0.2) is 36.4 Å². The molecule has 0 saturated heterocycles. The summed E-state index contributed by atoms with van der Waals surface area (Å²) >= 11 is 0. The summed E-state index contributed by atoms with van der Waals surface area (Å²) in [4.78, 5) is 0. The molecule has 2 heteroatoms. The average Bonchev–Trinajstić information content (AvgIpc) is 2.86. The van der Waals surface area contributed by atoms with Crippen LogP contribution in [0.2, 0.25) is 0 Å². The molecule has 0 fully saturated rings. The molecule has 0 heterocycles. The molecule has 0 amide bonds. The molecule has 2 nitrogen and oxygen atoms in total. The summed E-state index contributed by atoms with van der Waals surface area (Å²) in [6.07, 6.45) is 6.75. The molecule has 0 bridgehead atoms. The van der Waals surface area contributed by atoms with Crippen LogP contribution < -0.4 is 10.1 Å². The van der Waals surface area contributed by atoms with Crippen molar-refractivity contribution in [3.05, 3.63) is 42.0 Å². The predicted octanol–water partition coefficient (Wildman–Crippen LogP) is 3.28. The highest BCUT2D eigenvalue weighted by atomic mass is 16.5. The van der Waals surface area contributed by atoms with E-state index in [1.807, 2.05) is 6.07 Å². The van der Waals surface area contributed by atoms with Crippen LogP contribution in [0.3, 0.4) is 0 Å². The first-order chi connectivity index (χ1) is 8.68. The zero-order valence-corrected chi connectivity index (χ0v) is 11.6. The van der Waals surface area contributed by atoms with Crippen molar-refractivity contribution in [3.63, 3.8) is 0 Å². The molecule has 18 heavy (non-hydrogen) atoms. The van der Waals surface area contributed by atoms with Crippen LogP contribution >= 0.6 is 0 Å². The Bertz CT molecular complexity index is 415. The van der Waals surface area contributed by atoms with E-state index in [0.717, 1.165) is 25.1 Å². The third-order valence-corrected chi connectivity index (χ3v) is 3.71. The Morgan fingerprint density at radius 3 is 2.50 bits per heavy atom. The number of allylic oxidation sites excluding steroid dienone is 2. The second-order valence-electron chi connectivity index (χ2n) is 5.40. The third-order valence-electron chi connectivity index (χ3n) is 3.71. The minimum atomic E-state index is 0.164. The highest BCUT2D eigenvalue weighted by Crippen LogP contribution is 2.41. The molecule has 0 unspecified atom stereocenters. The Kier molecular flexibility index (Phi) is 4.07. The maximum Gasteiger partial charge on any atom is 0.122 e. The van der Waals surface area contributed by atoms with Crippen molar-refractivity contribution in [2.45, 2.75) is 38.1 Å². The molecule has 1 N–H and O–H groups in total. The van der Waals surface area contributed by atoms with Crippen LogP contribution in [0.4, 0.5) is 0 Å². The van der Waals surface area contributed by atoms with Gasteiger partial charge in [-0.05, 0) is 18.9 Å². The van der Waals surface area contributed by atoms with E-state index < -0.39 is 0 Å². The number of hydrogen-bond donors (Lipinski definition) is 1. The maximum atomic E-state index is 5.53. The molecule has 2 rings (SSSR count). The van der Waals surface area contributed by atoms with E-state index in [9.17, 15) is 0 Å². The summed E-state index contributed by atoms with van der Waals surface area (Å²) < 4.78 is 5.53. The quantitative estimate of drug-likeness (QED) is 0.804. The van der Waals surface area contributed by atoms with Gasteiger partial charge in [0.15, 0.2) is 0 Å². The van der Waals surface area contributed by atoms with Gasteiger partial charge in [-0.25, -0.2) is 0 Å². The van der Waals surface area contributed by atoms with E-state index in [2.05, 4.69) is 49.5 Å². The zero-order valence-electron chi connectivity index (χ0n) is 11.6. The van der Waals surface area contributed by atoms with Crippen molar-refractivity contribution in [1.29, 1.82) is 0 Å². The molecule has 0 aromatic heterocycles. The number of para-hydroxylation sites is 1. The smallest absolute Gasteiger partial charge is 0.122 e. The van der Waals surface area contributed by atoms with Crippen LogP contribution in [0.25, 0.3) is 0 Å². The summed E-state index contributed by atoms with van der Waals surface area (Å²) in [6.45, 7) is 5.38. The lowest BCUT2D eigenvalue weighted by molar-refractivity contribution is 0.360. The Balaban J connectivity index is 2.29. The van der Waals surface area contributed by atoms with Crippen molar-refractivity contribution in [1.82, 2.24) is 5.32 Å². The van der Waals surface area contributed by atoms with Crippen molar-refractivity contribution in [2.24, 2.45) is 0 Å². The monoisotopic (exact) mass is 245 g/mol. The summed E-state index contributed by atoms with van der Waals surface area (Å²) in [5.74, 6) is 1.01. The Hall–Kier alpha value is -1.28. The molecule has 0 spiro atoms. The molecule has 1 aliphatic carbocycles. The lowest BCUT2D eigenvalue weighted by atomic mass is 9.77. The summed E-state index contributed by atoms with van der Waals surface area (Å²) in [5.41, 5.74) is 1.49. The van der Waals surface area contributed by atoms with Gasteiger partial charge in [0.2, 0.25) is 0 Å². The van der Waals surface area contributed by atoms with Gasteiger partial charge in [0.25, 0.3) is 0 Å². The fourth-order valence-electron chi connectivity index (χ4n) is 2.64. The fourth-order valence-corrected chi connectivity index (χ4v) is 2.64. The van der Waals surface area contributed by atoms with E-state index in [1.165, 1.54) is 5.56 Å². The molecule has 1 aromatic carbocycles. The summed E-state index contributed by atoms with van der Waals surface area (Å²) in [5, 5.41) is 3.58. The van der Waals surface area contributed by atoms with Crippen molar-refractivity contribution < 1.29 is 4.74 Å². The lowest BCUT2D eigenvalue weighted by Gasteiger charge is -2.32. The fraction of sp³-hybridized carbons (Fsp3) is 0.500. The molecule has 1 aliphatic rings. The molecule has 1 aromatic rings. The highest BCUT2D eigenvalue weighted by molar-refractivity contribution is 5.42. The second-order valence-corrected chi connectivity index (χ2v) is 5.40. The van der Waals surface area contributed by atoms with E-state index >= 15 is 0 Å². The van der Waals surface area contributed by atoms with Crippen LogP contribution in [0.5, 0.6) is 5.75 Å². The largest absolute Gasteiger partial charge is 0.496 e. The van der Waals surface area contributed by atoms with Crippen molar-refractivity contribution in [3.8, 4) is 5.75 Å². The minimum Gasteiger partial charge on any atom is -0.496 e. The number of rotatable bonds is 5. The lowest BCUT2D eigenvalue weighted by Crippen LogP contribution is -2.39. The van der Waals surface area contributed by atoms with E-state index in [1.54, 1.807) is 7.11 Å². The first-order valence-electron chi connectivity index (χ1n) is 6.70. The van der Waals surface area contributed by atoms with Gasteiger partial charge >= 0.3 is 0 Å².